The number of nitro benzene ring substituents is 1. The van der Waals surface area contributed by atoms with Crippen LogP contribution in [0.15, 0.2) is 36.4 Å². The van der Waals surface area contributed by atoms with E-state index in [0.29, 0.717) is 5.75 Å². The van der Waals surface area contributed by atoms with E-state index in [1.165, 1.54) is 31.4 Å². The standard InChI is InChI=1S/C14H10ClFN2O5/c1-22-9-3-5-13(10(15)7-9)23-14(19)17-8-2-4-11(16)12(6-8)18(20)21/h2-7H,1H3,(H,17,19). The second kappa shape index (κ2) is 6.93. The van der Waals surface area contributed by atoms with Gasteiger partial charge in [0.05, 0.1) is 22.7 Å². The zero-order valence-electron chi connectivity index (χ0n) is 11.7. The minimum atomic E-state index is -1.01. The molecule has 0 aliphatic rings. The topological polar surface area (TPSA) is 90.7 Å². The second-order valence-electron chi connectivity index (χ2n) is 4.23. The minimum Gasteiger partial charge on any atom is -0.497 e. The fraction of sp³-hybridized carbons (Fsp3) is 0.0714. The Labute approximate surface area is 134 Å². The second-order valence-corrected chi connectivity index (χ2v) is 4.64. The first-order valence-electron chi connectivity index (χ1n) is 6.17. The van der Waals surface area contributed by atoms with Crippen molar-refractivity contribution in [3.63, 3.8) is 0 Å². The van der Waals surface area contributed by atoms with Gasteiger partial charge in [0, 0.05) is 12.1 Å². The number of carbonyl (C=O) groups excluding carboxylic acids is 1. The lowest BCUT2D eigenvalue weighted by atomic mass is 10.2. The minimum absolute atomic E-state index is 0.00716. The summed E-state index contributed by atoms with van der Waals surface area (Å²) in [5, 5.41) is 13.0. The molecule has 9 heteroatoms. The van der Waals surface area contributed by atoms with Crippen molar-refractivity contribution in [2.24, 2.45) is 0 Å². The summed E-state index contributed by atoms with van der Waals surface area (Å²) in [6.07, 6.45) is -0.932. The molecule has 0 saturated carbocycles. The fourth-order valence-electron chi connectivity index (χ4n) is 1.66. The van der Waals surface area contributed by atoms with Gasteiger partial charge >= 0.3 is 11.8 Å². The molecule has 0 unspecified atom stereocenters. The Kier molecular flexibility index (Phi) is 4.97. The average molecular weight is 341 g/mol. The summed E-state index contributed by atoms with van der Waals surface area (Å²) in [6.45, 7) is 0. The highest BCUT2D eigenvalue weighted by Crippen LogP contribution is 2.29. The van der Waals surface area contributed by atoms with E-state index in [4.69, 9.17) is 21.1 Å². The Morgan fingerprint density at radius 2 is 2.04 bits per heavy atom. The molecule has 2 aromatic carbocycles. The van der Waals surface area contributed by atoms with E-state index in [9.17, 15) is 19.3 Å². The maximum atomic E-state index is 13.2. The van der Waals surface area contributed by atoms with Gasteiger partial charge in [-0.05, 0) is 24.3 Å². The third-order valence-electron chi connectivity index (χ3n) is 2.73. The number of amides is 1. The average Bonchev–Trinajstić information content (AvgIpc) is 2.51. The molecule has 0 fully saturated rings. The van der Waals surface area contributed by atoms with Crippen molar-refractivity contribution in [3.8, 4) is 11.5 Å². The van der Waals surface area contributed by atoms with E-state index in [-0.39, 0.29) is 16.5 Å². The van der Waals surface area contributed by atoms with Gasteiger partial charge in [0.15, 0.2) is 5.75 Å². The lowest BCUT2D eigenvalue weighted by Crippen LogP contribution is -2.17. The van der Waals surface area contributed by atoms with Crippen LogP contribution < -0.4 is 14.8 Å². The number of rotatable bonds is 4. The third-order valence-corrected chi connectivity index (χ3v) is 3.03. The number of hydrogen-bond donors (Lipinski definition) is 1. The lowest BCUT2D eigenvalue weighted by Gasteiger charge is -2.09. The highest BCUT2D eigenvalue weighted by molar-refractivity contribution is 6.32. The Morgan fingerprint density at radius 1 is 1.30 bits per heavy atom. The van der Waals surface area contributed by atoms with E-state index < -0.39 is 22.5 Å². The molecule has 0 bridgehead atoms. The number of halogens is 2. The van der Waals surface area contributed by atoms with Gasteiger partial charge in [-0.1, -0.05) is 11.6 Å². The molecule has 0 aliphatic heterocycles. The first-order chi connectivity index (χ1) is 10.9. The van der Waals surface area contributed by atoms with Crippen molar-refractivity contribution in [1.82, 2.24) is 0 Å². The van der Waals surface area contributed by atoms with E-state index in [2.05, 4.69) is 5.32 Å². The van der Waals surface area contributed by atoms with Gasteiger partial charge in [0.1, 0.15) is 5.75 Å². The molecular formula is C14H10ClFN2O5. The van der Waals surface area contributed by atoms with Gasteiger partial charge in [-0.3, -0.25) is 15.4 Å². The predicted octanol–water partition coefficient (Wildman–Crippen LogP) is 4.01. The third kappa shape index (κ3) is 4.07. The fourth-order valence-corrected chi connectivity index (χ4v) is 1.87. The normalized spacial score (nSPS) is 10.0. The Bertz CT molecular complexity index is 769. The molecule has 1 amide bonds. The molecule has 0 atom stereocenters. The van der Waals surface area contributed by atoms with Gasteiger partial charge in [-0.15, -0.1) is 0 Å². The molecule has 23 heavy (non-hydrogen) atoms. The molecule has 0 spiro atoms. The van der Waals surface area contributed by atoms with Crippen molar-refractivity contribution in [3.05, 3.63) is 57.4 Å². The van der Waals surface area contributed by atoms with Gasteiger partial charge in [-0.2, -0.15) is 4.39 Å². The van der Waals surface area contributed by atoms with E-state index in [1.807, 2.05) is 0 Å². The molecule has 7 nitrogen and oxygen atoms in total. The van der Waals surface area contributed by atoms with Gasteiger partial charge in [0.2, 0.25) is 5.82 Å². The quantitative estimate of drug-likeness (QED) is 0.670. The number of nitro groups is 1. The number of nitrogens with zero attached hydrogens (tertiary/aromatic N) is 1. The Morgan fingerprint density at radius 3 is 2.65 bits per heavy atom. The lowest BCUT2D eigenvalue weighted by molar-refractivity contribution is -0.387. The monoisotopic (exact) mass is 340 g/mol. The molecule has 2 rings (SSSR count). The molecule has 0 radical (unpaired) electrons. The summed E-state index contributed by atoms with van der Waals surface area (Å²) >= 11 is 5.92. The molecule has 0 heterocycles. The molecule has 0 saturated heterocycles. The zero-order chi connectivity index (χ0) is 17.0. The van der Waals surface area contributed by atoms with Crippen LogP contribution >= 0.6 is 11.6 Å². The first-order valence-corrected chi connectivity index (χ1v) is 6.55. The SMILES string of the molecule is COc1ccc(OC(=O)Nc2ccc(F)c([N+](=O)[O-])c2)c(Cl)c1. The number of methoxy groups -OCH3 is 1. The van der Waals surface area contributed by atoms with Gasteiger partial charge < -0.3 is 9.47 Å². The van der Waals surface area contributed by atoms with E-state index >= 15 is 0 Å². The number of benzene rings is 2. The van der Waals surface area contributed by atoms with Crippen LogP contribution in [0, 0.1) is 15.9 Å². The molecule has 2 aromatic rings. The van der Waals surface area contributed by atoms with E-state index in [1.54, 1.807) is 0 Å². The van der Waals surface area contributed by atoms with Gasteiger partial charge in [0.25, 0.3) is 0 Å². The molecule has 120 valence electrons. The van der Waals surface area contributed by atoms with Crippen LogP contribution in [-0.4, -0.2) is 18.1 Å². The number of anilines is 1. The Hall–Kier alpha value is -2.87. The highest BCUT2D eigenvalue weighted by Gasteiger charge is 2.16. The van der Waals surface area contributed by atoms with Crippen molar-refractivity contribution in [1.29, 1.82) is 0 Å². The first kappa shape index (κ1) is 16.5. The summed E-state index contributed by atoms with van der Waals surface area (Å²) in [6, 6.07) is 7.33. The van der Waals surface area contributed by atoms with Crippen molar-refractivity contribution < 1.29 is 23.6 Å². The summed E-state index contributed by atoms with van der Waals surface area (Å²) in [5.74, 6) is -0.453. The molecular weight excluding hydrogens is 331 g/mol. The van der Waals surface area contributed by atoms with Crippen LogP contribution in [0.4, 0.5) is 20.6 Å². The van der Waals surface area contributed by atoms with Crippen LogP contribution in [-0.2, 0) is 0 Å². The largest absolute Gasteiger partial charge is 0.497 e. The maximum absolute atomic E-state index is 13.2. The van der Waals surface area contributed by atoms with Crippen LogP contribution in [0.5, 0.6) is 11.5 Å². The van der Waals surface area contributed by atoms with Crippen molar-refractivity contribution in [2.75, 3.05) is 12.4 Å². The number of carbonyl (C=O) groups is 1. The Balaban J connectivity index is 2.11. The molecule has 0 aliphatic carbocycles. The summed E-state index contributed by atoms with van der Waals surface area (Å²) in [4.78, 5) is 21.5. The summed E-state index contributed by atoms with van der Waals surface area (Å²) < 4.78 is 23.1. The zero-order valence-corrected chi connectivity index (χ0v) is 12.5. The summed E-state index contributed by atoms with van der Waals surface area (Å²) in [7, 11) is 1.46. The number of ether oxygens (including phenoxy) is 2. The number of nitrogens with one attached hydrogen (secondary N) is 1. The molecule has 1 N–H and O–H groups in total. The van der Waals surface area contributed by atoms with Crippen LogP contribution in [0.1, 0.15) is 0 Å². The van der Waals surface area contributed by atoms with E-state index in [0.717, 1.165) is 12.1 Å². The predicted molar refractivity (Wildman–Crippen MR) is 80.7 cm³/mol. The summed E-state index contributed by atoms with van der Waals surface area (Å²) in [5.41, 5.74) is -0.752. The number of hydrogen-bond acceptors (Lipinski definition) is 5. The van der Waals surface area contributed by atoms with Crippen LogP contribution in [0.3, 0.4) is 0 Å². The van der Waals surface area contributed by atoms with Crippen molar-refractivity contribution >= 4 is 29.1 Å². The highest BCUT2D eigenvalue weighted by atomic mass is 35.5. The smallest absolute Gasteiger partial charge is 0.417 e. The van der Waals surface area contributed by atoms with Crippen molar-refractivity contribution in [2.45, 2.75) is 0 Å². The molecule has 0 aromatic heterocycles. The van der Waals surface area contributed by atoms with Crippen LogP contribution in [0.2, 0.25) is 5.02 Å². The van der Waals surface area contributed by atoms with Crippen LogP contribution in [0.25, 0.3) is 0 Å². The maximum Gasteiger partial charge on any atom is 0.417 e. The van der Waals surface area contributed by atoms with Gasteiger partial charge in [-0.25, -0.2) is 4.79 Å².